The summed E-state index contributed by atoms with van der Waals surface area (Å²) >= 11 is 0. The second-order valence-corrected chi connectivity index (χ2v) is 12.8. The maximum absolute atomic E-state index is 9.72. The summed E-state index contributed by atoms with van der Waals surface area (Å²) in [6.45, 7) is 3.77. The third-order valence-corrected chi connectivity index (χ3v) is 9.29. The zero-order valence-electron chi connectivity index (χ0n) is 28.9. The summed E-state index contributed by atoms with van der Waals surface area (Å²) in [4.78, 5) is 29.0. The summed E-state index contributed by atoms with van der Waals surface area (Å²) in [6, 6.07) is 51.0. The lowest BCUT2D eigenvalue weighted by atomic mass is 9.99. The molecule has 3 heterocycles. The number of rotatable bonds is 6. The van der Waals surface area contributed by atoms with Crippen LogP contribution in [0, 0.1) is 25.2 Å². The van der Waals surface area contributed by atoms with E-state index in [0.717, 1.165) is 60.9 Å². The number of para-hydroxylation sites is 1. The van der Waals surface area contributed by atoms with E-state index < -0.39 is 0 Å². The van der Waals surface area contributed by atoms with Crippen molar-refractivity contribution in [1.29, 1.82) is 5.26 Å². The fraction of sp³-hybridized carbons (Fsp3) is 0.0444. The highest BCUT2D eigenvalue weighted by atomic mass is 15.1. The fourth-order valence-electron chi connectivity index (χ4n) is 6.90. The Bertz CT molecular complexity index is 2800. The topological polar surface area (TPSA) is 106 Å². The van der Waals surface area contributed by atoms with Crippen LogP contribution in [-0.4, -0.2) is 34.5 Å². The molecule has 0 atom stereocenters. The summed E-state index contributed by atoms with van der Waals surface area (Å²) in [6.07, 6.45) is 0. The normalized spacial score (nSPS) is 11.2. The number of fused-ring (bicyclic) bond motifs is 3. The van der Waals surface area contributed by atoms with Gasteiger partial charge in [0.2, 0.25) is 0 Å². The molecule has 0 aliphatic heterocycles. The predicted molar refractivity (Wildman–Crippen MR) is 209 cm³/mol. The molecule has 0 unspecified atom stereocenters. The van der Waals surface area contributed by atoms with Gasteiger partial charge in [0.1, 0.15) is 11.6 Å². The lowest BCUT2D eigenvalue weighted by Gasteiger charge is -2.16. The van der Waals surface area contributed by atoms with Crippen molar-refractivity contribution in [3.05, 3.63) is 163 Å². The van der Waals surface area contributed by atoms with Gasteiger partial charge in [-0.3, -0.25) is 0 Å². The highest BCUT2D eigenvalue weighted by Gasteiger charge is 2.21. The van der Waals surface area contributed by atoms with Gasteiger partial charge in [-0.15, -0.1) is 0 Å². The number of hydrogen-bond donors (Lipinski definition) is 0. The van der Waals surface area contributed by atoms with E-state index >= 15 is 0 Å². The molecule has 9 aromatic rings. The minimum Gasteiger partial charge on any atom is -0.309 e. The van der Waals surface area contributed by atoms with Crippen LogP contribution >= 0.6 is 0 Å². The second kappa shape index (κ2) is 13.1. The number of hydrogen-bond acceptors (Lipinski definition) is 7. The summed E-state index contributed by atoms with van der Waals surface area (Å²) in [5, 5.41) is 11.9. The molecule has 8 heteroatoms. The van der Waals surface area contributed by atoms with E-state index in [-0.39, 0.29) is 0 Å². The third kappa shape index (κ3) is 5.86. The van der Waals surface area contributed by atoms with Crippen molar-refractivity contribution in [1.82, 2.24) is 34.5 Å². The Balaban J connectivity index is 1.34. The molecule has 0 saturated carbocycles. The predicted octanol–water partition coefficient (Wildman–Crippen LogP) is 9.98. The molecular weight excluding hydrogens is 653 g/mol. The highest BCUT2D eigenvalue weighted by molar-refractivity contribution is 6.11. The first-order chi connectivity index (χ1) is 26.0. The molecule has 9 rings (SSSR count). The molecular formula is C45H30N8. The van der Waals surface area contributed by atoms with Gasteiger partial charge >= 0.3 is 0 Å². The number of nitriles is 1. The molecule has 250 valence electrons. The summed E-state index contributed by atoms with van der Waals surface area (Å²) in [5.74, 6) is 3.69. The van der Waals surface area contributed by atoms with Crippen LogP contribution < -0.4 is 0 Å². The van der Waals surface area contributed by atoms with E-state index in [1.807, 2.05) is 98.8 Å². The monoisotopic (exact) mass is 682 g/mol. The van der Waals surface area contributed by atoms with Gasteiger partial charge in [-0.25, -0.2) is 29.9 Å². The van der Waals surface area contributed by atoms with E-state index in [9.17, 15) is 5.26 Å². The molecule has 3 aromatic heterocycles. The number of aromatic nitrogens is 7. The smallest absolute Gasteiger partial charge is 0.166 e. The number of benzene rings is 6. The number of aryl methyl sites for hydroxylation is 2. The van der Waals surface area contributed by atoms with Crippen LogP contribution in [0.25, 0.3) is 84.2 Å². The van der Waals surface area contributed by atoms with Crippen LogP contribution in [0.5, 0.6) is 0 Å². The summed E-state index contributed by atoms with van der Waals surface area (Å²) in [7, 11) is 0. The SMILES string of the molecule is Cc1nc(C)nc(-c2ccc3c(c2)c2ccccc2n3-c2ccc(-c3cccc(C#N)c3)cc2-c2nc(-c3ccccc3)nc(-c3ccccc3)n2)n1. The van der Waals surface area contributed by atoms with Gasteiger partial charge in [0, 0.05) is 33.0 Å². The molecule has 0 fully saturated rings. The Kier molecular flexibility index (Phi) is 7.79. The minimum atomic E-state index is 0.532. The standard InChI is InChI=1S/C45H30N8/c1-28-47-29(2)49-44(48-28)35-21-23-40-37(26-35)36-18-9-10-19-39(36)53(40)41-22-20-34(33-17-11-12-30(24-33)27-46)25-38(41)45-51-42(31-13-5-3-6-14-31)50-43(52-45)32-15-7-4-8-16-32/h3-26H,1-2H3. The van der Waals surface area contributed by atoms with Crippen molar-refractivity contribution < 1.29 is 0 Å². The average Bonchev–Trinajstić information content (AvgIpc) is 3.54. The molecule has 0 spiro atoms. The Hall–Kier alpha value is -7.37. The van der Waals surface area contributed by atoms with Crippen LogP contribution in [0.4, 0.5) is 0 Å². The number of nitrogens with zero attached hydrogens (tertiary/aromatic N) is 8. The van der Waals surface area contributed by atoms with Gasteiger partial charge < -0.3 is 4.57 Å². The lowest BCUT2D eigenvalue weighted by molar-refractivity contribution is 0.929. The van der Waals surface area contributed by atoms with E-state index in [0.29, 0.717) is 40.5 Å². The third-order valence-electron chi connectivity index (χ3n) is 9.29. The molecule has 6 aromatic carbocycles. The molecule has 8 nitrogen and oxygen atoms in total. The van der Waals surface area contributed by atoms with Gasteiger partial charge in [0.15, 0.2) is 23.3 Å². The van der Waals surface area contributed by atoms with Crippen LogP contribution in [0.2, 0.25) is 0 Å². The lowest BCUT2D eigenvalue weighted by Crippen LogP contribution is -2.04. The van der Waals surface area contributed by atoms with Crippen molar-refractivity contribution in [2.45, 2.75) is 13.8 Å². The largest absolute Gasteiger partial charge is 0.309 e. The van der Waals surface area contributed by atoms with E-state index in [4.69, 9.17) is 15.0 Å². The summed E-state index contributed by atoms with van der Waals surface area (Å²) < 4.78 is 2.28. The van der Waals surface area contributed by atoms with Crippen molar-refractivity contribution in [2.24, 2.45) is 0 Å². The molecule has 0 aliphatic carbocycles. The van der Waals surface area contributed by atoms with Crippen molar-refractivity contribution >= 4 is 21.8 Å². The van der Waals surface area contributed by atoms with Gasteiger partial charge in [0.25, 0.3) is 0 Å². The molecule has 0 N–H and O–H groups in total. The van der Waals surface area contributed by atoms with Crippen LogP contribution in [0.1, 0.15) is 17.2 Å². The van der Waals surface area contributed by atoms with Crippen LogP contribution in [0.15, 0.2) is 146 Å². The molecule has 0 bridgehead atoms. The van der Waals surface area contributed by atoms with Gasteiger partial charge in [-0.1, -0.05) is 97.1 Å². The van der Waals surface area contributed by atoms with Crippen molar-refractivity contribution in [3.8, 4) is 68.4 Å². The summed E-state index contributed by atoms with van der Waals surface area (Å²) in [5.41, 5.74) is 8.91. The molecule has 53 heavy (non-hydrogen) atoms. The van der Waals surface area contributed by atoms with E-state index in [2.05, 4.69) is 86.3 Å². The van der Waals surface area contributed by atoms with Gasteiger partial charge in [-0.2, -0.15) is 5.26 Å². The molecule has 0 aliphatic rings. The fourth-order valence-corrected chi connectivity index (χ4v) is 6.90. The van der Waals surface area contributed by atoms with Crippen LogP contribution in [0.3, 0.4) is 0 Å². The van der Waals surface area contributed by atoms with E-state index in [1.165, 1.54) is 0 Å². The van der Waals surface area contributed by atoms with Gasteiger partial charge in [-0.05, 0) is 73.5 Å². The quantitative estimate of drug-likeness (QED) is 0.172. The van der Waals surface area contributed by atoms with E-state index in [1.54, 1.807) is 0 Å². The zero-order valence-corrected chi connectivity index (χ0v) is 28.9. The minimum absolute atomic E-state index is 0.532. The van der Waals surface area contributed by atoms with Crippen LogP contribution in [-0.2, 0) is 0 Å². The van der Waals surface area contributed by atoms with Gasteiger partial charge in [0.05, 0.1) is 28.4 Å². The Labute approximate surface area is 305 Å². The zero-order chi connectivity index (χ0) is 35.9. The average molecular weight is 683 g/mol. The van der Waals surface area contributed by atoms with Crippen molar-refractivity contribution in [3.63, 3.8) is 0 Å². The Morgan fingerprint density at radius 2 is 1.00 bits per heavy atom. The Morgan fingerprint density at radius 1 is 0.434 bits per heavy atom. The second-order valence-electron chi connectivity index (χ2n) is 12.8. The molecule has 0 radical (unpaired) electrons. The highest BCUT2D eigenvalue weighted by Crippen LogP contribution is 2.39. The maximum atomic E-state index is 9.72. The van der Waals surface area contributed by atoms with Crippen molar-refractivity contribution in [2.75, 3.05) is 0 Å². The molecule has 0 amide bonds. The first-order valence-corrected chi connectivity index (χ1v) is 17.3. The Morgan fingerprint density at radius 3 is 1.70 bits per heavy atom. The first-order valence-electron chi connectivity index (χ1n) is 17.3. The maximum Gasteiger partial charge on any atom is 0.166 e. The first kappa shape index (κ1) is 31.6. The molecule has 0 saturated heterocycles.